The molecule has 0 bridgehead atoms. The highest BCUT2D eigenvalue weighted by molar-refractivity contribution is 7.98. The van der Waals surface area contributed by atoms with E-state index in [1.54, 1.807) is 24.3 Å². The molecular formula is C16H13F2NS. The van der Waals surface area contributed by atoms with Crippen LogP contribution in [0.4, 0.5) is 8.78 Å². The molecule has 0 fully saturated rings. The van der Waals surface area contributed by atoms with Crippen molar-refractivity contribution in [2.45, 2.75) is 10.6 Å². The van der Waals surface area contributed by atoms with Crippen LogP contribution in [0, 0.1) is 23.5 Å². The molecule has 102 valence electrons. The summed E-state index contributed by atoms with van der Waals surface area (Å²) >= 11 is 1.46. The first-order chi connectivity index (χ1) is 9.69. The fraction of sp³-hybridized carbons (Fsp3) is 0.125. The number of nitrogens with two attached hydrogens (primary N) is 1. The van der Waals surface area contributed by atoms with E-state index in [-0.39, 0.29) is 18.2 Å². The number of halogens is 2. The van der Waals surface area contributed by atoms with Crippen molar-refractivity contribution in [1.82, 2.24) is 0 Å². The van der Waals surface area contributed by atoms with Crippen LogP contribution >= 0.6 is 11.8 Å². The predicted molar refractivity (Wildman–Crippen MR) is 78.3 cm³/mol. The summed E-state index contributed by atoms with van der Waals surface area (Å²) in [7, 11) is 0. The van der Waals surface area contributed by atoms with Gasteiger partial charge in [-0.1, -0.05) is 17.9 Å². The second-order valence-electron chi connectivity index (χ2n) is 4.05. The van der Waals surface area contributed by atoms with Crippen molar-refractivity contribution in [3.63, 3.8) is 0 Å². The molecule has 0 atom stereocenters. The zero-order valence-corrected chi connectivity index (χ0v) is 11.5. The van der Waals surface area contributed by atoms with Gasteiger partial charge in [-0.2, -0.15) is 0 Å². The third kappa shape index (κ3) is 4.09. The van der Waals surface area contributed by atoms with E-state index in [2.05, 4.69) is 11.8 Å². The third-order valence-corrected chi connectivity index (χ3v) is 3.66. The second-order valence-corrected chi connectivity index (χ2v) is 5.10. The summed E-state index contributed by atoms with van der Waals surface area (Å²) in [6.45, 7) is 0.254. The summed E-state index contributed by atoms with van der Waals surface area (Å²) in [5, 5.41) is 0. The van der Waals surface area contributed by atoms with Gasteiger partial charge in [-0.05, 0) is 42.0 Å². The van der Waals surface area contributed by atoms with Crippen molar-refractivity contribution in [2.75, 3.05) is 6.54 Å². The lowest BCUT2D eigenvalue weighted by molar-refractivity contribution is 0.617. The SMILES string of the molecule is NCC#Cc1ccc(CSc2ccc(F)cc2)c(F)c1. The molecule has 4 heteroatoms. The second kappa shape index (κ2) is 7.09. The monoisotopic (exact) mass is 289 g/mol. The van der Waals surface area contributed by atoms with Crippen molar-refractivity contribution in [3.05, 3.63) is 65.2 Å². The van der Waals surface area contributed by atoms with Crippen LogP contribution in [-0.4, -0.2) is 6.54 Å². The Kier molecular flexibility index (Phi) is 5.16. The van der Waals surface area contributed by atoms with Crippen LogP contribution in [-0.2, 0) is 5.75 Å². The van der Waals surface area contributed by atoms with Crippen LogP contribution < -0.4 is 5.73 Å². The van der Waals surface area contributed by atoms with Crippen LogP contribution in [0.3, 0.4) is 0 Å². The topological polar surface area (TPSA) is 26.0 Å². The molecule has 0 saturated heterocycles. The molecule has 0 aliphatic heterocycles. The summed E-state index contributed by atoms with van der Waals surface area (Å²) < 4.78 is 26.6. The average Bonchev–Trinajstić information content (AvgIpc) is 2.46. The zero-order valence-electron chi connectivity index (χ0n) is 10.7. The molecule has 0 saturated carbocycles. The maximum absolute atomic E-state index is 13.9. The molecule has 0 radical (unpaired) electrons. The number of hydrogen-bond acceptors (Lipinski definition) is 2. The molecule has 0 aliphatic rings. The summed E-state index contributed by atoms with van der Waals surface area (Å²) in [6, 6.07) is 11.0. The maximum atomic E-state index is 13.9. The number of benzene rings is 2. The van der Waals surface area contributed by atoms with Crippen LogP contribution in [0.5, 0.6) is 0 Å². The van der Waals surface area contributed by atoms with E-state index in [4.69, 9.17) is 5.73 Å². The molecule has 2 N–H and O–H groups in total. The quantitative estimate of drug-likeness (QED) is 0.690. The van der Waals surface area contributed by atoms with E-state index in [0.717, 1.165) is 4.90 Å². The summed E-state index contributed by atoms with van der Waals surface area (Å²) in [6.07, 6.45) is 0. The number of thioether (sulfide) groups is 1. The summed E-state index contributed by atoms with van der Waals surface area (Å²) in [4.78, 5) is 0.901. The standard InChI is InChI=1S/C16H13F2NS/c17-14-5-7-15(8-6-14)20-11-13-4-3-12(2-1-9-19)10-16(13)18/h3-8,10H,9,11,19H2. The highest BCUT2D eigenvalue weighted by Crippen LogP contribution is 2.24. The van der Waals surface area contributed by atoms with Gasteiger partial charge >= 0.3 is 0 Å². The Morgan fingerprint density at radius 2 is 1.80 bits per heavy atom. The fourth-order valence-corrected chi connectivity index (χ4v) is 2.47. The molecular weight excluding hydrogens is 276 g/mol. The Balaban J connectivity index is 2.04. The van der Waals surface area contributed by atoms with Gasteiger partial charge in [-0.3, -0.25) is 0 Å². The van der Waals surface area contributed by atoms with E-state index >= 15 is 0 Å². The number of rotatable bonds is 3. The van der Waals surface area contributed by atoms with Gasteiger partial charge in [0.25, 0.3) is 0 Å². The lowest BCUT2D eigenvalue weighted by Crippen LogP contribution is -1.93. The zero-order chi connectivity index (χ0) is 14.4. The first-order valence-electron chi connectivity index (χ1n) is 6.05. The van der Waals surface area contributed by atoms with Gasteiger partial charge in [0, 0.05) is 16.2 Å². The molecule has 0 spiro atoms. The molecule has 2 aromatic carbocycles. The van der Waals surface area contributed by atoms with Crippen LogP contribution in [0.25, 0.3) is 0 Å². The Labute approximate surface area is 121 Å². The van der Waals surface area contributed by atoms with Crippen LogP contribution in [0.2, 0.25) is 0 Å². The average molecular weight is 289 g/mol. The molecule has 0 unspecified atom stereocenters. The van der Waals surface area contributed by atoms with Crippen molar-refractivity contribution in [3.8, 4) is 11.8 Å². The fourth-order valence-electron chi connectivity index (χ4n) is 1.59. The van der Waals surface area contributed by atoms with Crippen molar-refractivity contribution >= 4 is 11.8 Å². The van der Waals surface area contributed by atoms with E-state index in [9.17, 15) is 8.78 Å². The van der Waals surface area contributed by atoms with E-state index in [0.29, 0.717) is 16.9 Å². The lowest BCUT2D eigenvalue weighted by Gasteiger charge is -2.04. The minimum atomic E-state index is -0.288. The van der Waals surface area contributed by atoms with Gasteiger partial charge in [0.15, 0.2) is 0 Å². The normalized spacial score (nSPS) is 9.95. The molecule has 0 amide bonds. The largest absolute Gasteiger partial charge is 0.320 e. The number of hydrogen-bond donors (Lipinski definition) is 1. The van der Waals surface area contributed by atoms with Crippen LogP contribution in [0.1, 0.15) is 11.1 Å². The van der Waals surface area contributed by atoms with E-state index in [1.165, 1.54) is 30.0 Å². The Hall–Kier alpha value is -1.83. The van der Waals surface area contributed by atoms with Crippen molar-refractivity contribution < 1.29 is 8.78 Å². The Morgan fingerprint density at radius 1 is 1.05 bits per heavy atom. The van der Waals surface area contributed by atoms with Gasteiger partial charge in [0.05, 0.1) is 6.54 Å². The van der Waals surface area contributed by atoms with Gasteiger partial charge in [-0.15, -0.1) is 11.8 Å². The molecule has 2 aromatic rings. The Morgan fingerprint density at radius 3 is 2.45 bits per heavy atom. The maximum Gasteiger partial charge on any atom is 0.128 e. The predicted octanol–water partition coefficient (Wildman–Crippen LogP) is 3.57. The molecule has 20 heavy (non-hydrogen) atoms. The molecule has 0 aromatic heterocycles. The molecule has 1 nitrogen and oxygen atoms in total. The minimum Gasteiger partial charge on any atom is -0.320 e. The first kappa shape index (κ1) is 14.6. The third-order valence-electron chi connectivity index (χ3n) is 2.60. The van der Waals surface area contributed by atoms with Gasteiger partial charge in [-0.25, -0.2) is 8.78 Å². The Bertz CT molecular complexity index is 642. The van der Waals surface area contributed by atoms with Crippen molar-refractivity contribution in [1.29, 1.82) is 0 Å². The molecule has 2 rings (SSSR count). The van der Waals surface area contributed by atoms with E-state index < -0.39 is 0 Å². The highest BCUT2D eigenvalue weighted by Gasteiger charge is 2.04. The highest BCUT2D eigenvalue weighted by atomic mass is 32.2. The van der Waals surface area contributed by atoms with E-state index in [1.807, 2.05) is 0 Å². The minimum absolute atomic E-state index is 0.254. The van der Waals surface area contributed by atoms with Gasteiger partial charge in [0.1, 0.15) is 11.6 Å². The smallest absolute Gasteiger partial charge is 0.128 e. The summed E-state index contributed by atoms with van der Waals surface area (Å²) in [5.74, 6) is 5.40. The summed E-state index contributed by atoms with van der Waals surface area (Å²) in [5.41, 5.74) is 6.48. The van der Waals surface area contributed by atoms with Gasteiger partial charge < -0.3 is 5.73 Å². The lowest BCUT2D eigenvalue weighted by atomic mass is 10.1. The first-order valence-corrected chi connectivity index (χ1v) is 7.03. The molecule has 0 aliphatic carbocycles. The van der Waals surface area contributed by atoms with Crippen molar-refractivity contribution in [2.24, 2.45) is 5.73 Å². The van der Waals surface area contributed by atoms with Crippen LogP contribution in [0.15, 0.2) is 47.4 Å². The molecule has 0 heterocycles. The van der Waals surface area contributed by atoms with Gasteiger partial charge in [0.2, 0.25) is 0 Å².